The number of methoxy groups -OCH3 is 2. The molecule has 3 N–H and O–H groups in total. The van der Waals surface area contributed by atoms with Gasteiger partial charge in [0.05, 0.1) is 26.0 Å². The molecule has 1 atom stereocenters. The van der Waals surface area contributed by atoms with Crippen molar-refractivity contribution in [3.05, 3.63) is 106 Å². The number of fused-ring (bicyclic) bond motifs is 1. The maximum atomic E-state index is 13.9. The molecule has 10 heteroatoms. The SMILES string of the molecule is COc1ccc([C@H]2C(C(=O)Nc3ccc(C)cc3C)=C(C)Nc3c(C(=O)Nc4ccc(F)cc4)cnn32)c(OC)c1. The van der Waals surface area contributed by atoms with Crippen LogP contribution in [0.3, 0.4) is 0 Å². The van der Waals surface area contributed by atoms with E-state index in [1.807, 2.05) is 38.1 Å². The Hall–Kier alpha value is -5.12. The van der Waals surface area contributed by atoms with Gasteiger partial charge in [-0.1, -0.05) is 17.7 Å². The Morgan fingerprint density at radius 3 is 2.37 bits per heavy atom. The average Bonchev–Trinajstić information content (AvgIpc) is 3.38. The third kappa shape index (κ3) is 5.36. The van der Waals surface area contributed by atoms with Gasteiger partial charge >= 0.3 is 0 Å². The van der Waals surface area contributed by atoms with Gasteiger partial charge in [0.25, 0.3) is 11.8 Å². The molecular formula is C31H30FN5O4. The van der Waals surface area contributed by atoms with Crippen LogP contribution in [-0.2, 0) is 4.79 Å². The van der Waals surface area contributed by atoms with Gasteiger partial charge < -0.3 is 25.4 Å². The number of nitrogens with zero attached hydrogens (tertiary/aromatic N) is 2. The first-order valence-corrected chi connectivity index (χ1v) is 12.9. The lowest BCUT2D eigenvalue weighted by atomic mass is 9.93. The van der Waals surface area contributed by atoms with E-state index >= 15 is 0 Å². The number of carbonyl (C=O) groups excluding carboxylic acids is 2. The number of amides is 2. The molecule has 0 saturated heterocycles. The first-order chi connectivity index (χ1) is 19.7. The molecule has 0 saturated carbocycles. The molecule has 0 radical (unpaired) electrons. The van der Waals surface area contributed by atoms with Crippen LogP contribution in [0.1, 0.15) is 40.0 Å². The van der Waals surface area contributed by atoms with Gasteiger partial charge in [0.1, 0.15) is 34.7 Å². The molecule has 1 aliphatic rings. The molecule has 0 bridgehead atoms. The first-order valence-electron chi connectivity index (χ1n) is 12.9. The van der Waals surface area contributed by atoms with Crippen LogP contribution in [0.5, 0.6) is 11.5 Å². The van der Waals surface area contributed by atoms with E-state index in [4.69, 9.17) is 9.47 Å². The molecule has 210 valence electrons. The average molecular weight is 556 g/mol. The van der Waals surface area contributed by atoms with Crippen LogP contribution in [0.15, 0.2) is 78.1 Å². The summed E-state index contributed by atoms with van der Waals surface area (Å²) < 4.78 is 26.0. The van der Waals surface area contributed by atoms with Crippen molar-refractivity contribution in [1.29, 1.82) is 0 Å². The summed E-state index contributed by atoms with van der Waals surface area (Å²) in [6.07, 6.45) is 1.43. The van der Waals surface area contributed by atoms with Crippen LogP contribution in [0.4, 0.5) is 21.6 Å². The van der Waals surface area contributed by atoms with Crippen molar-refractivity contribution < 1.29 is 23.5 Å². The second-order valence-corrected chi connectivity index (χ2v) is 9.76. The van der Waals surface area contributed by atoms with Crippen molar-refractivity contribution in [3.8, 4) is 11.5 Å². The largest absolute Gasteiger partial charge is 0.497 e. The Bertz CT molecular complexity index is 1680. The van der Waals surface area contributed by atoms with Crippen LogP contribution >= 0.6 is 0 Å². The van der Waals surface area contributed by atoms with Crippen molar-refractivity contribution >= 4 is 29.0 Å². The number of aromatic nitrogens is 2. The van der Waals surface area contributed by atoms with Crippen molar-refractivity contribution in [1.82, 2.24) is 9.78 Å². The molecule has 2 amide bonds. The molecule has 1 aromatic heterocycles. The highest BCUT2D eigenvalue weighted by Gasteiger charge is 2.37. The molecule has 9 nitrogen and oxygen atoms in total. The highest BCUT2D eigenvalue weighted by molar-refractivity contribution is 6.09. The monoisotopic (exact) mass is 555 g/mol. The summed E-state index contributed by atoms with van der Waals surface area (Å²) in [5, 5.41) is 13.6. The summed E-state index contributed by atoms with van der Waals surface area (Å²) in [5.41, 5.74) is 4.97. The van der Waals surface area contributed by atoms with Crippen molar-refractivity contribution in [3.63, 3.8) is 0 Å². The van der Waals surface area contributed by atoms with Gasteiger partial charge in [0.2, 0.25) is 0 Å². The van der Waals surface area contributed by atoms with E-state index in [9.17, 15) is 14.0 Å². The topological polar surface area (TPSA) is 107 Å². The summed E-state index contributed by atoms with van der Waals surface area (Å²) in [5.74, 6) is 0.288. The number of hydrogen-bond acceptors (Lipinski definition) is 6. The minimum atomic E-state index is -0.745. The van der Waals surface area contributed by atoms with Crippen LogP contribution in [0, 0.1) is 19.7 Å². The summed E-state index contributed by atoms with van der Waals surface area (Å²) in [6.45, 7) is 5.70. The van der Waals surface area contributed by atoms with Crippen molar-refractivity contribution in [2.75, 3.05) is 30.2 Å². The summed E-state index contributed by atoms with van der Waals surface area (Å²) >= 11 is 0. The number of ether oxygens (including phenoxy) is 2. The lowest BCUT2D eigenvalue weighted by Crippen LogP contribution is -2.32. The molecule has 0 aliphatic carbocycles. The van der Waals surface area contributed by atoms with E-state index in [0.29, 0.717) is 45.5 Å². The number of benzene rings is 3. The van der Waals surface area contributed by atoms with Gasteiger partial charge in [-0.05, 0) is 68.8 Å². The Labute approximate surface area is 237 Å². The fourth-order valence-corrected chi connectivity index (χ4v) is 4.92. The number of anilines is 3. The zero-order valence-corrected chi connectivity index (χ0v) is 23.3. The number of hydrogen-bond donors (Lipinski definition) is 3. The Balaban J connectivity index is 1.59. The number of allylic oxidation sites excluding steroid dienone is 1. The zero-order chi connectivity index (χ0) is 29.3. The Morgan fingerprint density at radius 1 is 0.927 bits per heavy atom. The molecule has 5 rings (SSSR count). The second kappa shape index (κ2) is 11.2. The van der Waals surface area contributed by atoms with Crippen molar-refractivity contribution in [2.45, 2.75) is 26.8 Å². The summed E-state index contributed by atoms with van der Waals surface area (Å²) in [6, 6.07) is 15.9. The number of nitrogens with one attached hydrogen (secondary N) is 3. The molecule has 1 aliphatic heterocycles. The van der Waals surface area contributed by atoms with E-state index < -0.39 is 17.8 Å². The predicted octanol–water partition coefficient (Wildman–Crippen LogP) is 5.84. The fourth-order valence-electron chi connectivity index (χ4n) is 4.92. The number of aryl methyl sites for hydroxylation is 2. The minimum Gasteiger partial charge on any atom is -0.497 e. The molecule has 4 aromatic rings. The van der Waals surface area contributed by atoms with E-state index in [1.165, 1.54) is 37.6 Å². The minimum absolute atomic E-state index is 0.250. The fraction of sp³-hybridized carbons (Fsp3) is 0.194. The third-order valence-electron chi connectivity index (χ3n) is 6.98. The Kier molecular flexibility index (Phi) is 7.47. The van der Waals surface area contributed by atoms with Crippen LogP contribution in [0.25, 0.3) is 0 Å². The van der Waals surface area contributed by atoms with Gasteiger partial charge in [-0.3, -0.25) is 9.59 Å². The Morgan fingerprint density at radius 2 is 1.68 bits per heavy atom. The van der Waals surface area contributed by atoms with E-state index in [2.05, 4.69) is 21.0 Å². The molecule has 41 heavy (non-hydrogen) atoms. The van der Waals surface area contributed by atoms with Crippen molar-refractivity contribution in [2.24, 2.45) is 0 Å². The number of rotatable bonds is 7. The lowest BCUT2D eigenvalue weighted by molar-refractivity contribution is -0.113. The molecule has 0 fully saturated rings. The maximum Gasteiger partial charge on any atom is 0.261 e. The number of halogens is 1. The van der Waals surface area contributed by atoms with Gasteiger partial charge in [0, 0.05) is 28.7 Å². The summed E-state index contributed by atoms with van der Waals surface area (Å²) in [4.78, 5) is 27.2. The predicted molar refractivity (Wildman–Crippen MR) is 155 cm³/mol. The molecule has 2 heterocycles. The highest BCUT2D eigenvalue weighted by Crippen LogP contribution is 2.42. The molecule has 3 aromatic carbocycles. The van der Waals surface area contributed by atoms with E-state index in [1.54, 1.807) is 30.8 Å². The van der Waals surface area contributed by atoms with Gasteiger partial charge in [-0.2, -0.15) is 5.10 Å². The third-order valence-corrected chi connectivity index (χ3v) is 6.98. The smallest absolute Gasteiger partial charge is 0.261 e. The van der Waals surface area contributed by atoms with Crippen LogP contribution in [0.2, 0.25) is 0 Å². The van der Waals surface area contributed by atoms with Crippen LogP contribution in [-0.4, -0.2) is 35.8 Å². The van der Waals surface area contributed by atoms with Crippen LogP contribution < -0.4 is 25.4 Å². The normalized spacial score (nSPS) is 14.1. The zero-order valence-electron chi connectivity index (χ0n) is 23.3. The molecular weight excluding hydrogens is 525 g/mol. The molecule has 0 unspecified atom stereocenters. The lowest BCUT2D eigenvalue weighted by Gasteiger charge is -2.31. The van der Waals surface area contributed by atoms with Gasteiger partial charge in [-0.15, -0.1) is 0 Å². The maximum absolute atomic E-state index is 13.9. The summed E-state index contributed by atoms with van der Waals surface area (Å²) in [7, 11) is 3.10. The van der Waals surface area contributed by atoms with E-state index in [-0.39, 0.29) is 11.5 Å². The van der Waals surface area contributed by atoms with E-state index in [0.717, 1.165) is 11.1 Å². The van der Waals surface area contributed by atoms with Gasteiger partial charge in [0.15, 0.2) is 0 Å². The first kappa shape index (κ1) is 27.4. The van der Waals surface area contributed by atoms with Gasteiger partial charge in [-0.25, -0.2) is 9.07 Å². The highest BCUT2D eigenvalue weighted by atomic mass is 19.1. The quantitative estimate of drug-likeness (QED) is 0.265. The standard InChI is InChI=1S/C31H30FN5O4/c1-17-6-13-25(18(2)14-17)36-31(39)27-19(3)34-29-24(30(38)35-21-9-7-20(32)8-10-21)16-33-37(29)28(27)23-12-11-22(40-4)15-26(23)41-5/h6-16,28,34H,1-5H3,(H,35,38)(H,36,39)/t28-/m0/s1. The second-order valence-electron chi connectivity index (χ2n) is 9.76. The molecule has 0 spiro atoms. The number of carbonyl (C=O) groups is 2.